The molecule has 2 heterocycles. The van der Waals surface area contributed by atoms with Gasteiger partial charge in [-0.2, -0.15) is 0 Å². The largest absolute Gasteiger partial charge is 0.495 e. The minimum Gasteiger partial charge on any atom is -0.495 e. The van der Waals surface area contributed by atoms with Crippen LogP contribution in [0.3, 0.4) is 0 Å². The zero-order valence-corrected chi connectivity index (χ0v) is 24.9. The maximum atomic E-state index is 14.0. The van der Waals surface area contributed by atoms with Gasteiger partial charge in [0.05, 0.1) is 18.9 Å². The second-order valence-corrected chi connectivity index (χ2v) is 12.0. The average Bonchev–Trinajstić information content (AvgIpc) is 3.00. The van der Waals surface area contributed by atoms with E-state index in [4.69, 9.17) is 9.72 Å². The third-order valence-corrected chi connectivity index (χ3v) is 8.99. The number of aryl methyl sites for hydroxylation is 1. The van der Waals surface area contributed by atoms with Crippen molar-refractivity contribution < 1.29 is 14.6 Å². The SMILES string of the molecule is COc1ccc(C2CCC(CN(C(=O)C3CCC(O)CC3)c3cccc(-c4ccc(N(C)C)nc4)c3)CC2)nc1C. The first-order valence-corrected chi connectivity index (χ1v) is 15.1. The predicted molar refractivity (Wildman–Crippen MR) is 165 cm³/mol. The van der Waals surface area contributed by atoms with Crippen molar-refractivity contribution in [2.45, 2.75) is 70.3 Å². The lowest BCUT2D eigenvalue weighted by atomic mass is 9.79. The molecule has 0 atom stereocenters. The van der Waals surface area contributed by atoms with Crippen LogP contribution in [0, 0.1) is 18.8 Å². The maximum absolute atomic E-state index is 14.0. The van der Waals surface area contributed by atoms with E-state index >= 15 is 0 Å². The number of carbonyl (C=O) groups excluding carboxylic acids is 1. The van der Waals surface area contributed by atoms with Crippen LogP contribution in [0.1, 0.15) is 68.7 Å². The van der Waals surface area contributed by atoms with E-state index in [0.29, 0.717) is 24.7 Å². The Morgan fingerprint density at radius 1 is 0.951 bits per heavy atom. The monoisotopic (exact) mass is 556 g/mol. The molecule has 0 aliphatic heterocycles. The van der Waals surface area contributed by atoms with E-state index in [0.717, 1.165) is 84.8 Å². The number of amides is 1. The van der Waals surface area contributed by atoms with Crippen molar-refractivity contribution in [1.29, 1.82) is 0 Å². The summed E-state index contributed by atoms with van der Waals surface area (Å²) in [6.45, 7) is 2.73. The van der Waals surface area contributed by atoms with Crippen LogP contribution in [0.25, 0.3) is 11.1 Å². The van der Waals surface area contributed by atoms with Crippen molar-refractivity contribution >= 4 is 17.4 Å². The second-order valence-electron chi connectivity index (χ2n) is 12.0. The highest BCUT2D eigenvalue weighted by Gasteiger charge is 2.32. The topological polar surface area (TPSA) is 78.8 Å². The summed E-state index contributed by atoms with van der Waals surface area (Å²) in [5, 5.41) is 10.1. The van der Waals surface area contributed by atoms with E-state index < -0.39 is 0 Å². The molecule has 2 aromatic heterocycles. The molecule has 7 heteroatoms. The van der Waals surface area contributed by atoms with Gasteiger partial charge in [0.1, 0.15) is 11.6 Å². The Hall–Kier alpha value is -3.45. The quantitative estimate of drug-likeness (QED) is 0.347. The summed E-state index contributed by atoms with van der Waals surface area (Å²) in [6, 6.07) is 16.6. The standard InChI is InChI=1S/C34H44N4O3/c1-23-32(41-4)18-17-31(36-23)25-10-8-24(9-11-25)22-38(34(40)26-12-15-30(39)16-13-26)29-7-5-6-27(20-29)28-14-19-33(35-21-28)37(2)3/h5-7,14,17-21,24-26,30,39H,8-13,15-16,22H2,1-4H3. The number of pyridine rings is 2. The summed E-state index contributed by atoms with van der Waals surface area (Å²) in [5.41, 5.74) is 5.13. The summed E-state index contributed by atoms with van der Waals surface area (Å²) < 4.78 is 5.40. The fourth-order valence-electron chi connectivity index (χ4n) is 6.45. The highest BCUT2D eigenvalue weighted by atomic mass is 16.5. The summed E-state index contributed by atoms with van der Waals surface area (Å²) >= 11 is 0. The molecule has 0 spiro atoms. The Morgan fingerprint density at radius 2 is 1.71 bits per heavy atom. The fraction of sp³-hybridized carbons (Fsp3) is 0.500. The van der Waals surface area contributed by atoms with E-state index in [-0.39, 0.29) is 17.9 Å². The number of hydrogen-bond donors (Lipinski definition) is 1. The smallest absolute Gasteiger partial charge is 0.230 e. The number of rotatable bonds is 8. The number of anilines is 2. The second kappa shape index (κ2) is 13.0. The molecule has 5 rings (SSSR count). The van der Waals surface area contributed by atoms with Crippen LogP contribution in [0.5, 0.6) is 5.75 Å². The third-order valence-electron chi connectivity index (χ3n) is 8.99. The van der Waals surface area contributed by atoms with Gasteiger partial charge in [0.15, 0.2) is 0 Å². The van der Waals surface area contributed by atoms with Gasteiger partial charge in [-0.05, 0) is 106 Å². The van der Waals surface area contributed by atoms with E-state index in [9.17, 15) is 9.90 Å². The Kier molecular flexibility index (Phi) is 9.23. The molecule has 1 aromatic carbocycles. The molecule has 2 aliphatic carbocycles. The Labute approximate surface area is 244 Å². The van der Waals surface area contributed by atoms with Crippen LogP contribution >= 0.6 is 0 Å². The Morgan fingerprint density at radius 3 is 2.34 bits per heavy atom. The summed E-state index contributed by atoms with van der Waals surface area (Å²) in [6.07, 6.45) is 8.82. The third kappa shape index (κ3) is 6.89. The molecule has 0 saturated heterocycles. The first-order valence-electron chi connectivity index (χ1n) is 15.1. The molecule has 0 bridgehead atoms. The number of aliphatic hydroxyl groups excluding tert-OH is 1. The van der Waals surface area contributed by atoms with Crippen LogP contribution in [0.2, 0.25) is 0 Å². The first kappa shape index (κ1) is 29.1. The van der Waals surface area contributed by atoms with Gasteiger partial charge in [0.25, 0.3) is 0 Å². The molecule has 1 N–H and O–H groups in total. The molecule has 0 radical (unpaired) electrons. The zero-order chi connectivity index (χ0) is 28.9. The van der Waals surface area contributed by atoms with Gasteiger partial charge < -0.3 is 19.6 Å². The lowest BCUT2D eigenvalue weighted by Gasteiger charge is -2.35. The lowest BCUT2D eigenvalue weighted by molar-refractivity contribution is -0.124. The number of carbonyl (C=O) groups is 1. The molecule has 2 saturated carbocycles. The number of hydrogen-bond acceptors (Lipinski definition) is 6. The van der Waals surface area contributed by atoms with Crippen molar-refractivity contribution in [2.24, 2.45) is 11.8 Å². The highest BCUT2D eigenvalue weighted by molar-refractivity contribution is 5.95. The van der Waals surface area contributed by atoms with Gasteiger partial charge in [-0.15, -0.1) is 0 Å². The molecular formula is C34H44N4O3. The van der Waals surface area contributed by atoms with Crippen molar-refractivity contribution in [3.63, 3.8) is 0 Å². The van der Waals surface area contributed by atoms with E-state index in [2.05, 4.69) is 35.3 Å². The lowest BCUT2D eigenvalue weighted by Crippen LogP contribution is -2.41. The van der Waals surface area contributed by atoms with Gasteiger partial charge in [0, 0.05) is 55.6 Å². The molecule has 2 aliphatic rings. The molecule has 1 amide bonds. The highest BCUT2D eigenvalue weighted by Crippen LogP contribution is 2.38. The molecular weight excluding hydrogens is 512 g/mol. The van der Waals surface area contributed by atoms with Crippen molar-refractivity contribution in [1.82, 2.24) is 9.97 Å². The zero-order valence-electron chi connectivity index (χ0n) is 24.9. The molecule has 41 heavy (non-hydrogen) atoms. The summed E-state index contributed by atoms with van der Waals surface area (Å²) in [4.78, 5) is 27.5. The van der Waals surface area contributed by atoms with Crippen LogP contribution in [0.15, 0.2) is 54.7 Å². The summed E-state index contributed by atoms with van der Waals surface area (Å²) in [5.74, 6) is 2.79. The summed E-state index contributed by atoms with van der Waals surface area (Å²) in [7, 11) is 5.65. The number of benzene rings is 1. The fourth-order valence-corrected chi connectivity index (χ4v) is 6.45. The van der Waals surface area contributed by atoms with Crippen molar-refractivity contribution in [3.8, 4) is 16.9 Å². The average molecular weight is 557 g/mol. The number of methoxy groups -OCH3 is 1. The number of aromatic nitrogens is 2. The Bertz CT molecular complexity index is 1310. The predicted octanol–water partition coefficient (Wildman–Crippen LogP) is 6.38. The minimum atomic E-state index is -0.279. The minimum absolute atomic E-state index is 0.0362. The van der Waals surface area contributed by atoms with Crippen molar-refractivity contribution in [3.05, 3.63) is 66.1 Å². The van der Waals surface area contributed by atoms with Gasteiger partial charge in [-0.1, -0.05) is 12.1 Å². The van der Waals surface area contributed by atoms with Crippen LogP contribution in [-0.4, -0.2) is 54.8 Å². The molecule has 0 unspecified atom stereocenters. The maximum Gasteiger partial charge on any atom is 0.230 e. The van der Waals surface area contributed by atoms with Crippen LogP contribution in [0.4, 0.5) is 11.5 Å². The van der Waals surface area contributed by atoms with E-state index in [1.807, 2.05) is 55.2 Å². The number of aliphatic hydroxyl groups is 1. The molecule has 3 aromatic rings. The molecule has 7 nitrogen and oxygen atoms in total. The van der Waals surface area contributed by atoms with Gasteiger partial charge in [0.2, 0.25) is 5.91 Å². The number of ether oxygens (including phenoxy) is 1. The normalized spacial score (nSPS) is 22.7. The molecule has 2 fully saturated rings. The molecule has 218 valence electrons. The first-order chi connectivity index (χ1) is 19.8. The van der Waals surface area contributed by atoms with Gasteiger partial charge >= 0.3 is 0 Å². The van der Waals surface area contributed by atoms with Gasteiger partial charge in [-0.25, -0.2) is 4.98 Å². The van der Waals surface area contributed by atoms with Crippen LogP contribution in [-0.2, 0) is 4.79 Å². The van der Waals surface area contributed by atoms with Gasteiger partial charge in [-0.3, -0.25) is 9.78 Å². The van der Waals surface area contributed by atoms with Crippen LogP contribution < -0.4 is 14.5 Å². The number of nitrogens with zero attached hydrogens (tertiary/aromatic N) is 4. The van der Waals surface area contributed by atoms with E-state index in [1.165, 1.54) is 0 Å². The van der Waals surface area contributed by atoms with E-state index in [1.54, 1.807) is 7.11 Å². The Balaban J connectivity index is 1.34. The van der Waals surface area contributed by atoms with Crippen molar-refractivity contribution in [2.75, 3.05) is 37.5 Å².